The minimum absolute atomic E-state index is 0.0635. The lowest BCUT2D eigenvalue weighted by molar-refractivity contribution is 0.532. The molecule has 0 unspecified atom stereocenters. The molecule has 2 heterocycles. The Bertz CT molecular complexity index is 1060. The number of nitrogens with one attached hydrogen (secondary N) is 1. The lowest BCUT2D eigenvalue weighted by Crippen LogP contribution is -2.27. The number of sulfonamides is 1. The number of aromatic nitrogens is 2. The number of benzene rings is 1. The second-order valence-electron chi connectivity index (χ2n) is 6.80. The highest BCUT2D eigenvalue weighted by Crippen LogP contribution is 2.21. The molecule has 2 aromatic heterocycles. The summed E-state index contributed by atoms with van der Waals surface area (Å²) in [6, 6.07) is 6.13. The highest BCUT2D eigenvalue weighted by Gasteiger charge is 2.20. The summed E-state index contributed by atoms with van der Waals surface area (Å²) in [7, 11) is -4.14. The summed E-state index contributed by atoms with van der Waals surface area (Å²) >= 11 is 0. The zero-order valence-corrected chi connectivity index (χ0v) is 15.9. The van der Waals surface area contributed by atoms with Crippen LogP contribution in [0.5, 0.6) is 0 Å². The highest BCUT2D eigenvalue weighted by molar-refractivity contribution is 7.89. The molecule has 0 aliphatic rings. The molecule has 5 nitrogen and oxygen atoms in total. The monoisotopic (exact) mass is 393 g/mol. The second kappa shape index (κ2) is 7.74. The Kier molecular flexibility index (Phi) is 5.57. The maximum absolute atomic E-state index is 13.8. The lowest BCUT2D eigenvalue weighted by Gasteiger charge is -2.08. The molecule has 0 radical (unpaired) electrons. The lowest BCUT2D eigenvalue weighted by atomic mass is 10.2. The molecular weight excluding hydrogens is 372 g/mol. The number of rotatable bonds is 7. The van der Waals surface area contributed by atoms with Gasteiger partial charge in [-0.05, 0) is 48.2 Å². The van der Waals surface area contributed by atoms with Crippen LogP contribution in [0.25, 0.3) is 11.0 Å². The summed E-state index contributed by atoms with van der Waals surface area (Å²) in [5.74, 6) is -1.36. The van der Waals surface area contributed by atoms with Crippen molar-refractivity contribution in [3.05, 3.63) is 59.9 Å². The third-order valence-corrected chi connectivity index (χ3v) is 5.62. The van der Waals surface area contributed by atoms with Gasteiger partial charge in [-0.25, -0.2) is 26.9 Å². The van der Waals surface area contributed by atoms with Gasteiger partial charge >= 0.3 is 0 Å². The molecule has 0 bridgehead atoms. The molecule has 0 spiro atoms. The van der Waals surface area contributed by atoms with Crippen LogP contribution in [0.1, 0.15) is 19.4 Å². The van der Waals surface area contributed by atoms with Crippen molar-refractivity contribution in [2.24, 2.45) is 5.92 Å². The highest BCUT2D eigenvalue weighted by atomic mass is 32.2. The van der Waals surface area contributed by atoms with E-state index in [1.807, 2.05) is 18.3 Å². The van der Waals surface area contributed by atoms with Crippen LogP contribution in [0.2, 0.25) is 0 Å². The van der Waals surface area contributed by atoms with Crippen LogP contribution in [-0.2, 0) is 23.0 Å². The molecule has 1 N–H and O–H groups in total. The van der Waals surface area contributed by atoms with E-state index in [0.29, 0.717) is 18.4 Å². The van der Waals surface area contributed by atoms with E-state index >= 15 is 0 Å². The van der Waals surface area contributed by atoms with Crippen molar-refractivity contribution in [2.45, 2.75) is 31.7 Å². The van der Waals surface area contributed by atoms with Gasteiger partial charge < -0.3 is 4.57 Å². The number of hydrogen-bond donors (Lipinski definition) is 1. The van der Waals surface area contributed by atoms with Gasteiger partial charge in [0.2, 0.25) is 10.0 Å². The molecule has 1 aromatic carbocycles. The summed E-state index contributed by atoms with van der Waals surface area (Å²) in [4.78, 5) is 3.73. The van der Waals surface area contributed by atoms with E-state index < -0.39 is 26.6 Å². The largest absolute Gasteiger partial charge is 0.332 e. The number of nitrogens with zero attached hydrogens (tertiary/aromatic N) is 2. The third-order valence-electron chi connectivity index (χ3n) is 4.15. The Morgan fingerprint density at radius 3 is 2.74 bits per heavy atom. The molecule has 3 aromatic rings. The zero-order valence-electron chi connectivity index (χ0n) is 15.1. The summed E-state index contributed by atoms with van der Waals surface area (Å²) < 4.78 is 56.0. The van der Waals surface area contributed by atoms with Crippen LogP contribution in [0.15, 0.2) is 47.6 Å². The maximum atomic E-state index is 13.8. The summed E-state index contributed by atoms with van der Waals surface area (Å²) in [5.41, 5.74) is 1.79. The Balaban J connectivity index is 1.78. The van der Waals surface area contributed by atoms with Crippen LogP contribution in [0.3, 0.4) is 0 Å². The Hall–Kier alpha value is -2.32. The van der Waals surface area contributed by atoms with Crippen molar-refractivity contribution in [3.8, 4) is 0 Å². The first kappa shape index (κ1) is 19.4. The zero-order chi connectivity index (χ0) is 19.6. The Morgan fingerprint density at radius 1 is 1.22 bits per heavy atom. The molecule has 8 heteroatoms. The Labute approximate surface area is 157 Å². The molecule has 0 saturated heterocycles. The van der Waals surface area contributed by atoms with Crippen LogP contribution in [-0.4, -0.2) is 24.5 Å². The van der Waals surface area contributed by atoms with Gasteiger partial charge in [-0.2, -0.15) is 0 Å². The topological polar surface area (TPSA) is 64.0 Å². The van der Waals surface area contributed by atoms with Gasteiger partial charge in [0.1, 0.15) is 22.2 Å². The minimum atomic E-state index is -4.14. The molecule has 0 fully saturated rings. The van der Waals surface area contributed by atoms with E-state index in [-0.39, 0.29) is 6.54 Å². The van der Waals surface area contributed by atoms with Gasteiger partial charge in [0.25, 0.3) is 0 Å². The van der Waals surface area contributed by atoms with Crippen molar-refractivity contribution in [3.63, 3.8) is 0 Å². The normalized spacial score (nSPS) is 12.2. The van der Waals surface area contributed by atoms with Crippen LogP contribution in [0.4, 0.5) is 8.78 Å². The van der Waals surface area contributed by atoms with E-state index in [9.17, 15) is 17.2 Å². The first-order chi connectivity index (χ1) is 12.8. The van der Waals surface area contributed by atoms with E-state index in [0.717, 1.165) is 35.3 Å². The van der Waals surface area contributed by atoms with Crippen molar-refractivity contribution in [1.29, 1.82) is 0 Å². The first-order valence-corrected chi connectivity index (χ1v) is 10.1. The van der Waals surface area contributed by atoms with Crippen molar-refractivity contribution < 1.29 is 17.2 Å². The number of pyridine rings is 1. The van der Waals surface area contributed by atoms with Gasteiger partial charge in [0.05, 0.1) is 0 Å². The van der Waals surface area contributed by atoms with Gasteiger partial charge in [-0.3, -0.25) is 0 Å². The second-order valence-corrected chi connectivity index (χ2v) is 8.53. The molecule has 3 rings (SSSR count). The van der Waals surface area contributed by atoms with E-state index in [4.69, 9.17) is 0 Å². The maximum Gasteiger partial charge on any atom is 0.243 e. The predicted octanol–water partition coefficient (Wildman–Crippen LogP) is 3.49. The van der Waals surface area contributed by atoms with Gasteiger partial charge in [0, 0.05) is 30.9 Å². The molecular formula is C19H21F2N3O2S. The molecule has 0 aliphatic carbocycles. The minimum Gasteiger partial charge on any atom is -0.332 e. The number of halogens is 2. The third kappa shape index (κ3) is 4.33. The van der Waals surface area contributed by atoms with E-state index in [1.165, 1.54) is 0 Å². The van der Waals surface area contributed by atoms with Crippen LogP contribution >= 0.6 is 0 Å². The molecule has 0 aliphatic heterocycles. The van der Waals surface area contributed by atoms with Gasteiger partial charge in [-0.1, -0.05) is 13.8 Å². The smallest absolute Gasteiger partial charge is 0.243 e. The van der Waals surface area contributed by atoms with Crippen molar-refractivity contribution in [2.75, 3.05) is 6.54 Å². The molecule has 0 saturated carbocycles. The molecule has 144 valence electrons. The number of fused-ring (bicyclic) bond motifs is 1. The average Bonchev–Trinajstić information content (AvgIpc) is 2.94. The average molecular weight is 393 g/mol. The van der Waals surface area contributed by atoms with Crippen molar-refractivity contribution >= 4 is 21.1 Å². The van der Waals surface area contributed by atoms with Crippen LogP contribution in [0, 0.1) is 17.6 Å². The summed E-state index contributed by atoms with van der Waals surface area (Å²) in [6.45, 7) is 5.08. The quantitative estimate of drug-likeness (QED) is 0.668. The Morgan fingerprint density at radius 2 is 2.00 bits per heavy atom. The van der Waals surface area contributed by atoms with E-state index in [1.54, 1.807) is 6.20 Å². The fourth-order valence-electron chi connectivity index (χ4n) is 3.01. The van der Waals surface area contributed by atoms with E-state index in [2.05, 4.69) is 28.1 Å². The van der Waals surface area contributed by atoms with Gasteiger partial charge in [-0.15, -0.1) is 0 Å². The predicted molar refractivity (Wildman–Crippen MR) is 99.8 cm³/mol. The fraction of sp³-hybridized carbons (Fsp3) is 0.316. The standard InChI is InChI=1S/C19H21F2N3O2S/c1-13(2)11-24-12-14(16-4-3-8-22-19(16)24)7-9-23-27(25,26)18-10-15(20)5-6-17(18)21/h3-6,8,10,12-13,23H,7,9,11H2,1-2H3. The van der Waals surface area contributed by atoms with Crippen LogP contribution < -0.4 is 4.72 Å². The molecule has 27 heavy (non-hydrogen) atoms. The first-order valence-electron chi connectivity index (χ1n) is 8.65. The summed E-state index contributed by atoms with van der Waals surface area (Å²) in [5, 5.41) is 0.953. The number of hydrogen-bond acceptors (Lipinski definition) is 3. The molecule has 0 amide bonds. The molecule has 0 atom stereocenters. The van der Waals surface area contributed by atoms with Crippen molar-refractivity contribution in [1.82, 2.24) is 14.3 Å². The summed E-state index contributed by atoms with van der Waals surface area (Å²) in [6.07, 6.45) is 4.09. The fourth-order valence-corrected chi connectivity index (χ4v) is 4.13. The van der Waals surface area contributed by atoms with Gasteiger partial charge in [0.15, 0.2) is 0 Å². The SMILES string of the molecule is CC(C)Cn1cc(CCNS(=O)(=O)c2cc(F)ccc2F)c2cccnc21.